The fourth-order valence-corrected chi connectivity index (χ4v) is 4.90. The highest BCUT2D eigenvalue weighted by molar-refractivity contribution is 5.87. The molecule has 1 unspecified atom stereocenters. The number of rotatable bonds is 3. The number of hydrogen-bond donors (Lipinski definition) is 3. The van der Waals surface area contributed by atoms with E-state index in [1.807, 2.05) is 35.4 Å². The fourth-order valence-electron chi connectivity index (χ4n) is 4.90. The molecule has 2 aromatic heterocycles. The Morgan fingerprint density at radius 2 is 1.56 bits per heavy atom. The molecule has 0 spiro atoms. The largest absolute Gasteiger partial charge is 0.481 e. The van der Waals surface area contributed by atoms with E-state index < -0.39 is 11.9 Å². The van der Waals surface area contributed by atoms with Crippen molar-refractivity contribution in [3.63, 3.8) is 0 Å². The topological polar surface area (TPSA) is 145 Å². The Bertz CT molecular complexity index is 1250. The van der Waals surface area contributed by atoms with Gasteiger partial charge in [-0.25, -0.2) is 4.98 Å². The van der Waals surface area contributed by atoms with Crippen LogP contribution in [-0.4, -0.2) is 92.4 Å². The number of imidazole rings is 1. The second kappa shape index (κ2) is 13.0. The Morgan fingerprint density at radius 1 is 0.974 bits per heavy atom. The summed E-state index contributed by atoms with van der Waals surface area (Å²) in [7, 11) is 1.75. The molecule has 5 rings (SSSR count). The van der Waals surface area contributed by atoms with Gasteiger partial charge in [-0.3, -0.25) is 24.5 Å². The van der Waals surface area contributed by atoms with E-state index in [1.165, 1.54) is 5.56 Å². The zero-order chi connectivity index (χ0) is 28.6. The summed E-state index contributed by atoms with van der Waals surface area (Å²) in [5, 5.41) is 17.9. The number of carboxylic acids is 2. The van der Waals surface area contributed by atoms with Gasteiger partial charge in [0.25, 0.3) is 11.9 Å². The number of nitrogens with one attached hydrogen (secondary N) is 1. The monoisotopic (exact) mass is 537 g/mol. The minimum absolute atomic E-state index is 0.0256. The number of amides is 2. The first kappa shape index (κ1) is 29.3. The number of likely N-dealkylation sites (tertiary alicyclic amines) is 1. The minimum atomic E-state index is -0.833. The first-order valence-electron chi connectivity index (χ1n) is 12.7. The van der Waals surface area contributed by atoms with E-state index in [-0.39, 0.29) is 29.8 Å². The lowest BCUT2D eigenvalue weighted by molar-refractivity contribution is -0.140. The van der Waals surface area contributed by atoms with Crippen molar-refractivity contribution in [3.8, 4) is 0 Å². The predicted molar refractivity (Wildman–Crippen MR) is 144 cm³/mol. The highest BCUT2D eigenvalue weighted by atomic mass is 16.4. The molecule has 2 saturated heterocycles. The summed E-state index contributed by atoms with van der Waals surface area (Å²) in [6.07, 6.45) is 5.78. The molecule has 2 aliphatic rings. The molecule has 39 heavy (non-hydrogen) atoms. The third-order valence-electron chi connectivity index (χ3n) is 6.79. The number of pyridine rings is 1. The molecule has 3 aromatic rings. The summed E-state index contributed by atoms with van der Waals surface area (Å²) in [4.78, 5) is 51.4. The highest BCUT2D eigenvalue weighted by Gasteiger charge is 2.42. The van der Waals surface area contributed by atoms with E-state index in [0.29, 0.717) is 19.6 Å². The van der Waals surface area contributed by atoms with E-state index >= 15 is 0 Å². The first-order chi connectivity index (χ1) is 18.5. The van der Waals surface area contributed by atoms with Gasteiger partial charge in [0.2, 0.25) is 11.8 Å². The Balaban J connectivity index is 0.000000466. The third-order valence-corrected chi connectivity index (χ3v) is 6.79. The second-order valence-electron chi connectivity index (χ2n) is 9.61. The number of carboxylic acid groups (broad SMARTS) is 2. The second-order valence-corrected chi connectivity index (χ2v) is 9.61. The molecular formula is C28H35N5O6. The van der Waals surface area contributed by atoms with Gasteiger partial charge in [-0.15, -0.1) is 0 Å². The number of aromatic nitrogens is 2. The number of piperazine rings is 1. The lowest BCUT2D eigenvalue weighted by atomic mass is 9.70. The minimum Gasteiger partial charge on any atom is -0.481 e. The van der Waals surface area contributed by atoms with Crippen molar-refractivity contribution in [3.05, 3.63) is 72.2 Å². The molecule has 2 amide bonds. The van der Waals surface area contributed by atoms with Crippen LogP contribution in [0.15, 0.2) is 60.9 Å². The number of likely N-dealkylation sites (N-methyl/N-ethyl adjacent to an activating group) is 1. The molecule has 0 aliphatic carbocycles. The van der Waals surface area contributed by atoms with Crippen LogP contribution in [0.2, 0.25) is 0 Å². The van der Waals surface area contributed by atoms with Gasteiger partial charge in [0.1, 0.15) is 11.7 Å². The Hall–Kier alpha value is -4.25. The third kappa shape index (κ3) is 7.41. The fraction of sp³-hybridized carbons (Fsp3) is 0.393. The molecule has 0 saturated carbocycles. The van der Waals surface area contributed by atoms with Crippen molar-refractivity contribution in [1.29, 1.82) is 0 Å². The molecule has 4 heterocycles. The van der Waals surface area contributed by atoms with Gasteiger partial charge >= 0.3 is 0 Å². The number of fused-ring (bicyclic) bond motifs is 1. The predicted octanol–water partition coefficient (Wildman–Crippen LogP) is 1.85. The van der Waals surface area contributed by atoms with E-state index in [2.05, 4.69) is 40.2 Å². The SMILES string of the molecule is CC(=O)O.CC(=O)O.CN1CC(C(=O)N2CCC(c3ccccc3)(c3cn4ccccc4n3)CC2)NCC1=O. The smallest absolute Gasteiger partial charge is 0.300 e. The van der Waals surface area contributed by atoms with Crippen molar-refractivity contribution in [2.75, 3.05) is 33.2 Å². The standard InChI is InChI=1S/C24H27N5O2.2C2H4O2/c1-27-16-19(25-15-22(27)30)23(31)28-13-10-24(11-14-28,18-7-3-2-4-8-18)20-17-29-12-6-5-9-21(29)26-20;2*1-2(3)4/h2-9,12,17,19,25H,10-11,13-16H2,1H3;2*1H3,(H,3,4). The van der Waals surface area contributed by atoms with Gasteiger partial charge in [-0.2, -0.15) is 0 Å². The molecule has 2 aliphatic heterocycles. The van der Waals surface area contributed by atoms with Crippen LogP contribution in [0.25, 0.3) is 5.65 Å². The van der Waals surface area contributed by atoms with Crippen LogP contribution in [0.5, 0.6) is 0 Å². The Labute approximate surface area is 227 Å². The summed E-state index contributed by atoms with van der Waals surface area (Å²) in [5.41, 5.74) is 3.01. The number of hydrogen-bond acceptors (Lipinski definition) is 6. The molecule has 11 heteroatoms. The molecule has 3 N–H and O–H groups in total. The lowest BCUT2D eigenvalue weighted by Gasteiger charge is -2.43. The maximum absolute atomic E-state index is 13.1. The zero-order valence-electron chi connectivity index (χ0n) is 22.4. The summed E-state index contributed by atoms with van der Waals surface area (Å²) >= 11 is 0. The number of piperidine rings is 1. The van der Waals surface area contributed by atoms with Gasteiger partial charge in [0.15, 0.2) is 0 Å². The van der Waals surface area contributed by atoms with Gasteiger partial charge in [0.05, 0.1) is 12.2 Å². The number of aliphatic carboxylic acids is 2. The van der Waals surface area contributed by atoms with Gasteiger partial charge in [-0.05, 0) is 30.5 Å². The van der Waals surface area contributed by atoms with Crippen molar-refractivity contribution < 1.29 is 29.4 Å². The summed E-state index contributed by atoms with van der Waals surface area (Å²) < 4.78 is 2.07. The maximum atomic E-state index is 13.1. The molecule has 1 aromatic carbocycles. The first-order valence-corrected chi connectivity index (χ1v) is 12.7. The Kier molecular flexibility index (Phi) is 9.78. The number of nitrogens with zero attached hydrogens (tertiary/aromatic N) is 4. The van der Waals surface area contributed by atoms with Crippen molar-refractivity contribution in [2.45, 2.75) is 38.1 Å². The molecule has 2 fully saturated rings. The molecule has 0 bridgehead atoms. The van der Waals surface area contributed by atoms with Gasteiger partial charge in [-0.1, -0.05) is 36.4 Å². The number of carbonyl (C=O) groups excluding carboxylic acids is 2. The summed E-state index contributed by atoms with van der Waals surface area (Å²) in [6, 6.07) is 16.2. The quantitative estimate of drug-likeness (QED) is 0.459. The highest BCUT2D eigenvalue weighted by Crippen LogP contribution is 2.41. The molecule has 208 valence electrons. The average Bonchev–Trinajstić information content (AvgIpc) is 3.35. The van der Waals surface area contributed by atoms with Gasteiger partial charge < -0.3 is 24.4 Å². The van der Waals surface area contributed by atoms with Crippen molar-refractivity contribution in [1.82, 2.24) is 24.5 Å². The zero-order valence-corrected chi connectivity index (χ0v) is 22.4. The van der Waals surface area contributed by atoms with Crippen LogP contribution in [0.1, 0.15) is 37.9 Å². The maximum Gasteiger partial charge on any atom is 0.300 e. The molecular weight excluding hydrogens is 502 g/mol. The Morgan fingerprint density at radius 3 is 2.13 bits per heavy atom. The van der Waals surface area contributed by atoms with Crippen LogP contribution in [0, 0.1) is 0 Å². The molecule has 11 nitrogen and oxygen atoms in total. The van der Waals surface area contributed by atoms with Crippen LogP contribution < -0.4 is 5.32 Å². The van der Waals surface area contributed by atoms with Crippen molar-refractivity contribution in [2.24, 2.45) is 0 Å². The van der Waals surface area contributed by atoms with E-state index in [9.17, 15) is 9.59 Å². The van der Waals surface area contributed by atoms with E-state index in [0.717, 1.165) is 38.0 Å². The number of carbonyl (C=O) groups is 4. The van der Waals surface area contributed by atoms with Crippen LogP contribution in [0.3, 0.4) is 0 Å². The average molecular weight is 538 g/mol. The lowest BCUT2D eigenvalue weighted by Crippen LogP contribution is -2.60. The van der Waals surface area contributed by atoms with E-state index in [1.54, 1.807) is 11.9 Å². The van der Waals surface area contributed by atoms with Crippen LogP contribution >= 0.6 is 0 Å². The normalized spacial score (nSPS) is 18.3. The summed E-state index contributed by atoms with van der Waals surface area (Å²) in [6.45, 7) is 4.13. The molecule has 0 radical (unpaired) electrons. The van der Waals surface area contributed by atoms with Crippen LogP contribution in [-0.2, 0) is 24.6 Å². The van der Waals surface area contributed by atoms with Crippen LogP contribution in [0.4, 0.5) is 0 Å². The molecule has 1 atom stereocenters. The van der Waals surface area contributed by atoms with Gasteiger partial charge in [0, 0.05) is 58.3 Å². The van der Waals surface area contributed by atoms with Crippen molar-refractivity contribution >= 4 is 29.4 Å². The van der Waals surface area contributed by atoms with E-state index in [4.69, 9.17) is 24.8 Å². The number of benzene rings is 1. The summed E-state index contributed by atoms with van der Waals surface area (Å²) in [5.74, 6) is -1.56.